The van der Waals surface area contributed by atoms with Crippen molar-refractivity contribution in [1.82, 2.24) is 10.2 Å². The Bertz CT molecular complexity index is 127. The summed E-state index contributed by atoms with van der Waals surface area (Å²) < 4.78 is 0. The quantitative estimate of drug-likeness (QED) is 0.506. The normalized spacial score (nSPS) is 10.6. The molecular formula is C8H19N3O. The molecule has 0 radical (unpaired) electrons. The minimum absolute atomic E-state index is 0.244. The standard InChI is InChI=1S/C8H19N3O/c1-3-11(2)7-6-10-5-4-8(9)12/h10H,3-7H2,1-2H3,(H2,9,12). The first kappa shape index (κ1) is 11.4. The molecule has 0 aliphatic rings. The van der Waals surface area contributed by atoms with Gasteiger partial charge >= 0.3 is 0 Å². The maximum Gasteiger partial charge on any atom is 0.218 e. The molecule has 0 aromatic heterocycles. The monoisotopic (exact) mass is 173 g/mol. The van der Waals surface area contributed by atoms with Crippen LogP contribution in [0.25, 0.3) is 0 Å². The molecule has 0 atom stereocenters. The van der Waals surface area contributed by atoms with Crippen LogP contribution >= 0.6 is 0 Å². The molecule has 0 bridgehead atoms. The number of likely N-dealkylation sites (N-methyl/N-ethyl adjacent to an activating group) is 1. The molecule has 3 N–H and O–H groups in total. The Morgan fingerprint density at radius 1 is 1.50 bits per heavy atom. The maximum absolute atomic E-state index is 10.3. The number of carbonyl (C=O) groups is 1. The summed E-state index contributed by atoms with van der Waals surface area (Å²) >= 11 is 0. The van der Waals surface area contributed by atoms with E-state index in [2.05, 4.69) is 24.2 Å². The molecule has 4 heteroatoms. The smallest absolute Gasteiger partial charge is 0.218 e. The molecule has 0 saturated carbocycles. The largest absolute Gasteiger partial charge is 0.370 e. The molecule has 0 aromatic rings. The number of nitrogens with two attached hydrogens (primary N) is 1. The molecule has 0 unspecified atom stereocenters. The van der Waals surface area contributed by atoms with Gasteiger partial charge in [0.15, 0.2) is 0 Å². The highest BCUT2D eigenvalue weighted by Gasteiger charge is 1.95. The molecule has 0 aliphatic heterocycles. The van der Waals surface area contributed by atoms with Crippen LogP contribution in [0.4, 0.5) is 0 Å². The minimum Gasteiger partial charge on any atom is -0.370 e. The van der Waals surface area contributed by atoms with Crippen LogP contribution in [0.3, 0.4) is 0 Å². The summed E-state index contributed by atoms with van der Waals surface area (Å²) in [6, 6.07) is 0. The predicted octanol–water partition coefficient (Wildman–Crippen LogP) is -0.597. The third kappa shape index (κ3) is 7.50. The van der Waals surface area contributed by atoms with Gasteiger partial charge in [-0.2, -0.15) is 0 Å². The van der Waals surface area contributed by atoms with Gasteiger partial charge in [0.25, 0.3) is 0 Å². The van der Waals surface area contributed by atoms with Crippen molar-refractivity contribution in [3.63, 3.8) is 0 Å². The molecule has 4 nitrogen and oxygen atoms in total. The predicted molar refractivity (Wildman–Crippen MR) is 49.9 cm³/mol. The van der Waals surface area contributed by atoms with Gasteiger partial charge in [0, 0.05) is 26.1 Å². The summed E-state index contributed by atoms with van der Waals surface area (Å²) in [5.74, 6) is -0.244. The summed E-state index contributed by atoms with van der Waals surface area (Å²) in [6.07, 6.45) is 0.426. The minimum atomic E-state index is -0.244. The van der Waals surface area contributed by atoms with Crippen LogP contribution in [0.15, 0.2) is 0 Å². The lowest BCUT2D eigenvalue weighted by atomic mass is 10.4. The first-order valence-corrected chi connectivity index (χ1v) is 4.34. The average Bonchev–Trinajstić information content (AvgIpc) is 2.03. The highest BCUT2D eigenvalue weighted by atomic mass is 16.1. The van der Waals surface area contributed by atoms with Gasteiger partial charge in [-0.25, -0.2) is 0 Å². The Kier molecular flexibility index (Phi) is 6.70. The summed E-state index contributed by atoms with van der Waals surface area (Å²) in [5.41, 5.74) is 4.97. The second kappa shape index (κ2) is 7.06. The van der Waals surface area contributed by atoms with Crippen LogP contribution in [0, 0.1) is 0 Å². The van der Waals surface area contributed by atoms with Crippen molar-refractivity contribution in [3.05, 3.63) is 0 Å². The fraction of sp³-hybridized carbons (Fsp3) is 0.875. The van der Waals surface area contributed by atoms with Gasteiger partial charge in [0.1, 0.15) is 0 Å². The van der Waals surface area contributed by atoms with Crippen molar-refractivity contribution in [2.24, 2.45) is 5.73 Å². The summed E-state index contributed by atoms with van der Waals surface area (Å²) in [7, 11) is 2.07. The van der Waals surface area contributed by atoms with Crippen molar-refractivity contribution >= 4 is 5.91 Å². The van der Waals surface area contributed by atoms with Crippen LogP contribution < -0.4 is 11.1 Å². The van der Waals surface area contributed by atoms with E-state index in [4.69, 9.17) is 5.73 Å². The van der Waals surface area contributed by atoms with Crippen LogP contribution in [-0.4, -0.2) is 44.0 Å². The Morgan fingerprint density at radius 3 is 2.67 bits per heavy atom. The molecule has 1 amide bonds. The Morgan fingerprint density at radius 2 is 2.17 bits per heavy atom. The van der Waals surface area contributed by atoms with E-state index in [1.54, 1.807) is 0 Å². The van der Waals surface area contributed by atoms with Crippen molar-refractivity contribution < 1.29 is 4.79 Å². The van der Waals surface area contributed by atoms with Crippen LogP contribution in [0.5, 0.6) is 0 Å². The summed E-state index contributed by atoms with van der Waals surface area (Å²) in [5, 5.41) is 3.14. The van der Waals surface area contributed by atoms with Gasteiger partial charge in [-0.15, -0.1) is 0 Å². The molecule has 0 aromatic carbocycles. The Labute approximate surface area is 74.1 Å². The molecule has 0 fully saturated rings. The number of amides is 1. The number of hydrogen-bond acceptors (Lipinski definition) is 3. The van der Waals surface area contributed by atoms with E-state index in [1.807, 2.05) is 0 Å². The van der Waals surface area contributed by atoms with Crippen molar-refractivity contribution in [1.29, 1.82) is 0 Å². The highest BCUT2D eigenvalue weighted by Crippen LogP contribution is 1.78. The topological polar surface area (TPSA) is 58.4 Å². The fourth-order valence-corrected chi connectivity index (χ4v) is 0.765. The molecule has 0 heterocycles. The van der Waals surface area contributed by atoms with Crippen LogP contribution in [0.2, 0.25) is 0 Å². The molecule has 72 valence electrons. The summed E-state index contributed by atoms with van der Waals surface area (Å²) in [4.78, 5) is 12.5. The summed E-state index contributed by atoms with van der Waals surface area (Å²) in [6.45, 7) is 5.78. The molecular weight excluding hydrogens is 154 g/mol. The van der Waals surface area contributed by atoms with Crippen LogP contribution in [0.1, 0.15) is 13.3 Å². The zero-order valence-corrected chi connectivity index (χ0v) is 7.97. The lowest BCUT2D eigenvalue weighted by Gasteiger charge is -2.13. The van der Waals surface area contributed by atoms with E-state index in [0.717, 1.165) is 19.6 Å². The molecule has 0 spiro atoms. The van der Waals surface area contributed by atoms with E-state index in [1.165, 1.54) is 0 Å². The molecule has 12 heavy (non-hydrogen) atoms. The average molecular weight is 173 g/mol. The number of nitrogens with zero attached hydrogens (tertiary/aromatic N) is 1. The number of hydrogen-bond donors (Lipinski definition) is 2. The number of carbonyl (C=O) groups excluding carboxylic acids is 1. The van der Waals surface area contributed by atoms with Gasteiger partial charge in [0.05, 0.1) is 0 Å². The number of nitrogens with one attached hydrogen (secondary N) is 1. The van der Waals surface area contributed by atoms with Crippen LogP contribution in [-0.2, 0) is 4.79 Å². The van der Waals surface area contributed by atoms with Gasteiger partial charge in [-0.05, 0) is 13.6 Å². The molecule has 0 saturated heterocycles. The van der Waals surface area contributed by atoms with E-state index < -0.39 is 0 Å². The van der Waals surface area contributed by atoms with E-state index in [9.17, 15) is 4.79 Å². The first-order chi connectivity index (χ1) is 5.66. The van der Waals surface area contributed by atoms with Gasteiger partial charge in [-0.1, -0.05) is 6.92 Å². The van der Waals surface area contributed by atoms with E-state index in [0.29, 0.717) is 13.0 Å². The lowest BCUT2D eigenvalue weighted by Crippen LogP contribution is -2.31. The molecule has 0 aliphatic carbocycles. The number of rotatable bonds is 7. The van der Waals surface area contributed by atoms with Gasteiger partial charge < -0.3 is 16.0 Å². The lowest BCUT2D eigenvalue weighted by molar-refractivity contribution is -0.117. The highest BCUT2D eigenvalue weighted by molar-refractivity contribution is 5.73. The van der Waals surface area contributed by atoms with E-state index in [-0.39, 0.29) is 5.91 Å². The Hall–Kier alpha value is -0.610. The SMILES string of the molecule is CCN(C)CCNCCC(N)=O. The maximum atomic E-state index is 10.3. The Balaban J connectivity index is 3.05. The first-order valence-electron chi connectivity index (χ1n) is 4.34. The zero-order chi connectivity index (χ0) is 9.40. The van der Waals surface area contributed by atoms with Crippen molar-refractivity contribution in [2.45, 2.75) is 13.3 Å². The third-order valence-electron chi connectivity index (χ3n) is 1.76. The van der Waals surface area contributed by atoms with Crippen molar-refractivity contribution in [2.75, 3.05) is 33.2 Å². The second-order valence-electron chi connectivity index (χ2n) is 2.86. The third-order valence-corrected chi connectivity index (χ3v) is 1.76. The van der Waals surface area contributed by atoms with Crippen molar-refractivity contribution in [3.8, 4) is 0 Å². The fourth-order valence-electron chi connectivity index (χ4n) is 0.765. The zero-order valence-electron chi connectivity index (χ0n) is 7.97. The van der Waals surface area contributed by atoms with E-state index >= 15 is 0 Å². The number of primary amides is 1. The second-order valence-corrected chi connectivity index (χ2v) is 2.86. The van der Waals surface area contributed by atoms with Gasteiger partial charge in [-0.3, -0.25) is 4.79 Å². The molecule has 0 rings (SSSR count). The van der Waals surface area contributed by atoms with Gasteiger partial charge in [0.2, 0.25) is 5.91 Å².